The quantitative estimate of drug-likeness (QED) is 0.403. The SMILES string of the molecule is CCNC(=NCCCCSC)N1CCC(COCC)C1. The minimum Gasteiger partial charge on any atom is -0.381 e. The van der Waals surface area contributed by atoms with Crippen LogP contribution in [-0.2, 0) is 4.74 Å². The molecule has 118 valence electrons. The number of hydrogen-bond donors (Lipinski definition) is 1. The van der Waals surface area contributed by atoms with Gasteiger partial charge in [0.15, 0.2) is 5.96 Å². The van der Waals surface area contributed by atoms with Crippen LogP contribution in [0.3, 0.4) is 0 Å². The fourth-order valence-electron chi connectivity index (χ4n) is 2.41. The van der Waals surface area contributed by atoms with Crippen LogP contribution in [0.2, 0.25) is 0 Å². The Balaban J connectivity index is 2.35. The van der Waals surface area contributed by atoms with Crippen molar-refractivity contribution in [3.05, 3.63) is 0 Å². The Morgan fingerprint density at radius 1 is 1.40 bits per heavy atom. The molecule has 1 unspecified atom stereocenters. The lowest BCUT2D eigenvalue weighted by Crippen LogP contribution is -2.40. The van der Waals surface area contributed by atoms with Crippen molar-refractivity contribution < 1.29 is 4.74 Å². The van der Waals surface area contributed by atoms with Crippen molar-refractivity contribution >= 4 is 17.7 Å². The van der Waals surface area contributed by atoms with Crippen molar-refractivity contribution in [2.45, 2.75) is 33.1 Å². The summed E-state index contributed by atoms with van der Waals surface area (Å²) in [4.78, 5) is 7.15. The van der Waals surface area contributed by atoms with Crippen molar-refractivity contribution in [2.24, 2.45) is 10.9 Å². The van der Waals surface area contributed by atoms with Crippen LogP contribution in [-0.4, -0.2) is 62.3 Å². The third-order valence-corrected chi connectivity index (χ3v) is 4.19. The van der Waals surface area contributed by atoms with Crippen molar-refractivity contribution in [3.8, 4) is 0 Å². The smallest absolute Gasteiger partial charge is 0.193 e. The Bertz CT molecular complexity index is 274. The van der Waals surface area contributed by atoms with Gasteiger partial charge in [-0.15, -0.1) is 0 Å². The number of likely N-dealkylation sites (tertiary alicyclic amines) is 1. The van der Waals surface area contributed by atoms with Gasteiger partial charge in [-0.05, 0) is 45.1 Å². The first-order valence-electron chi connectivity index (χ1n) is 7.91. The van der Waals surface area contributed by atoms with Crippen LogP contribution >= 0.6 is 11.8 Å². The molecule has 1 aliphatic heterocycles. The molecule has 1 rings (SSSR count). The number of rotatable bonds is 9. The standard InChI is InChI=1S/C15H31N3OS/c1-4-16-15(17-9-6-7-11-20-3)18-10-8-14(12-18)13-19-5-2/h14H,4-13H2,1-3H3,(H,16,17). The summed E-state index contributed by atoms with van der Waals surface area (Å²) in [6.45, 7) is 9.97. The molecular formula is C15H31N3OS. The second-order valence-electron chi connectivity index (χ2n) is 5.20. The molecule has 0 aromatic heterocycles. The molecular weight excluding hydrogens is 270 g/mol. The molecule has 0 amide bonds. The van der Waals surface area contributed by atoms with Gasteiger partial charge in [0.2, 0.25) is 0 Å². The van der Waals surface area contributed by atoms with E-state index in [4.69, 9.17) is 9.73 Å². The van der Waals surface area contributed by atoms with Gasteiger partial charge in [0, 0.05) is 38.7 Å². The number of ether oxygens (including phenoxy) is 1. The zero-order valence-electron chi connectivity index (χ0n) is 13.4. The molecule has 4 nitrogen and oxygen atoms in total. The maximum Gasteiger partial charge on any atom is 0.193 e. The number of nitrogens with one attached hydrogen (secondary N) is 1. The van der Waals surface area contributed by atoms with E-state index in [0.29, 0.717) is 5.92 Å². The maximum atomic E-state index is 5.54. The first-order chi connectivity index (χ1) is 9.81. The van der Waals surface area contributed by atoms with Crippen LogP contribution in [0.25, 0.3) is 0 Å². The van der Waals surface area contributed by atoms with E-state index in [1.807, 2.05) is 11.8 Å². The highest BCUT2D eigenvalue weighted by molar-refractivity contribution is 7.98. The molecule has 0 aromatic rings. The molecule has 0 bridgehead atoms. The number of unbranched alkanes of at least 4 members (excludes halogenated alkanes) is 1. The summed E-state index contributed by atoms with van der Waals surface area (Å²) >= 11 is 1.92. The summed E-state index contributed by atoms with van der Waals surface area (Å²) in [5.41, 5.74) is 0. The van der Waals surface area contributed by atoms with E-state index in [1.165, 1.54) is 25.0 Å². The number of thioether (sulfide) groups is 1. The van der Waals surface area contributed by atoms with E-state index in [-0.39, 0.29) is 0 Å². The van der Waals surface area contributed by atoms with Crippen LogP contribution in [0, 0.1) is 5.92 Å². The maximum absolute atomic E-state index is 5.54. The fourth-order valence-corrected chi connectivity index (χ4v) is 2.91. The van der Waals surface area contributed by atoms with E-state index in [1.54, 1.807) is 0 Å². The first-order valence-corrected chi connectivity index (χ1v) is 9.31. The molecule has 1 heterocycles. The minimum atomic E-state index is 0.662. The van der Waals surface area contributed by atoms with Crippen LogP contribution in [0.4, 0.5) is 0 Å². The number of guanidine groups is 1. The number of hydrogen-bond acceptors (Lipinski definition) is 3. The Labute approximate surface area is 128 Å². The molecule has 20 heavy (non-hydrogen) atoms. The van der Waals surface area contributed by atoms with Gasteiger partial charge in [0.05, 0.1) is 6.61 Å². The average molecular weight is 302 g/mol. The molecule has 0 aliphatic carbocycles. The van der Waals surface area contributed by atoms with Gasteiger partial charge in [-0.3, -0.25) is 4.99 Å². The largest absolute Gasteiger partial charge is 0.381 e. The van der Waals surface area contributed by atoms with Gasteiger partial charge in [-0.1, -0.05) is 0 Å². The van der Waals surface area contributed by atoms with E-state index in [9.17, 15) is 0 Å². The van der Waals surface area contributed by atoms with Crippen molar-refractivity contribution in [1.82, 2.24) is 10.2 Å². The van der Waals surface area contributed by atoms with E-state index in [0.717, 1.165) is 45.4 Å². The van der Waals surface area contributed by atoms with Gasteiger partial charge >= 0.3 is 0 Å². The number of nitrogens with zero attached hydrogens (tertiary/aromatic N) is 2. The Morgan fingerprint density at radius 3 is 2.95 bits per heavy atom. The molecule has 1 atom stereocenters. The van der Waals surface area contributed by atoms with Crippen LogP contribution < -0.4 is 5.32 Å². The van der Waals surface area contributed by atoms with E-state index >= 15 is 0 Å². The zero-order valence-corrected chi connectivity index (χ0v) is 14.2. The van der Waals surface area contributed by atoms with E-state index < -0.39 is 0 Å². The molecule has 0 spiro atoms. The first kappa shape index (κ1) is 17.6. The Hall–Kier alpha value is -0.420. The van der Waals surface area contributed by atoms with Crippen molar-refractivity contribution in [2.75, 3.05) is 51.4 Å². The fraction of sp³-hybridized carbons (Fsp3) is 0.933. The molecule has 1 aliphatic rings. The summed E-state index contributed by atoms with van der Waals surface area (Å²) in [6.07, 6.45) is 5.83. The summed E-state index contributed by atoms with van der Waals surface area (Å²) in [7, 11) is 0. The third-order valence-electron chi connectivity index (χ3n) is 3.50. The lowest BCUT2D eigenvalue weighted by molar-refractivity contribution is 0.114. The predicted octanol–water partition coefficient (Wildman–Crippen LogP) is 2.45. The van der Waals surface area contributed by atoms with Crippen LogP contribution in [0.5, 0.6) is 0 Å². The summed E-state index contributed by atoms with van der Waals surface area (Å²) in [5.74, 6) is 3.00. The highest BCUT2D eigenvalue weighted by Gasteiger charge is 2.24. The van der Waals surface area contributed by atoms with Gasteiger partial charge in [-0.25, -0.2) is 0 Å². The summed E-state index contributed by atoms with van der Waals surface area (Å²) < 4.78 is 5.54. The highest BCUT2D eigenvalue weighted by atomic mass is 32.2. The van der Waals surface area contributed by atoms with Gasteiger partial charge in [0.1, 0.15) is 0 Å². The topological polar surface area (TPSA) is 36.9 Å². The molecule has 1 saturated heterocycles. The molecule has 0 aromatic carbocycles. The van der Waals surface area contributed by atoms with Gasteiger partial charge < -0.3 is 15.0 Å². The van der Waals surface area contributed by atoms with E-state index in [2.05, 4.69) is 30.3 Å². The number of aliphatic imine (C=N–C) groups is 1. The third kappa shape index (κ3) is 6.84. The molecule has 0 saturated carbocycles. The highest BCUT2D eigenvalue weighted by Crippen LogP contribution is 2.16. The van der Waals surface area contributed by atoms with Crippen molar-refractivity contribution in [1.29, 1.82) is 0 Å². The predicted molar refractivity (Wildman–Crippen MR) is 89.8 cm³/mol. The van der Waals surface area contributed by atoms with Gasteiger partial charge in [-0.2, -0.15) is 11.8 Å². The minimum absolute atomic E-state index is 0.662. The van der Waals surface area contributed by atoms with Crippen molar-refractivity contribution in [3.63, 3.8) is 0 Å². The molecule has 5 heteroatoms. The zero-order chi connectivity index (χ0) is 14.6. The Morgan fingerprint density at radius 2 is 2.25 bits per heavy atom. The molecule has 1 fully saturated rings. The van der Waals surface area contributed by atoms with Crippen LogP contribution in [0.15, 0.2) is 4.99 Å². The Kier molecular flexibility index (Phi) is 9.93. The van der Waals surface area contributed by atoms with Gasteiger partial charge in [0.25, 0.3) is 0 Å². The molecule has 0 radical (unpaired) electrons. The lowest BCUT2D eigenvalue weighted by Gasteiger charge is -2.21. The van der Waals surface area contributed by atoms with Crippen LogP contribution in [0.1, 0.15) is 33.1 Å². The average Bonchev–Trinajstić information content (AvgIpc) is 2.92. The monoisotopic (exact) mass is 301 g/mol. The second-order valence-corrected chi connectivity index (χ2v) is 6.18. The molecule has 1 N–H and O–H groups in total. The summed E-state index contributed by atoms with van der Waals surface area (Å²) in [6, 6.07) is 0. The normalized spacial score (nSPS) is 19.6. The second kappa shape index (κ2) is 11.3. The lowest BCUT2D eigenvalue weighted by atomic mass is 10.1. The summed E-state index contributed by atoms with van der Waals surface area (Å²) in [5, 5.41) is 3.42.